The van der Waals surface area contributed by atoms with Gasteiger partial charge >= 0.3 is 0 Å². The summed E-state index contributed by atoms with van der Waals surface area (Å²) in [5.74, 6) is -0.848. The molecule has 0 saturated heterocycles. The van der Waals surface area contributed by atoms with E-state index in [0.29, 0.717) is 27.1 Å². The Bertz CT molecular complexity index is 1180. The van der Waals surface area contributed by atoms with Gasteiger partial charge in [-0.3, -0.25) is 13.9 Å². The normalized spacial score (nSPS) is 14.9. The van der Waals surface area contributed by atoms with Gasteiger partial charge in [-0.05, 0) is 49.6 Å². The molecule has 7 nitrogen and oxygen atoms in total. The molecular formula is C25H30Cl3N3O4S. The van der Waals surface area contributed by atoms with Gasteiger partial charge in [-0.2, -0.15) is 0 Å². The number of hydrogen-bond donors (Lipinski definition) is 1. The molecular weight excluding hydrogens is 545 g/mol. The van der Waals surface area contributed by atoms with E-state index < -0.39 is 28.5 Å². The van der Waals surface area contributed by atoms with Crippen molar-refractivity contribution in [2.75, 3.05) is 17.1 Å². The molecule has 0 spiro atoms. The Morgan fingerprint density at radius 3 is 2.22 bits per heavy atom. The number of rotatable bonds is 10. The molecule has 1 saturated carbocycles. The minimum Gasteiger partial charge on any atom is -0.352 e. The van der Waals surface area contributed by atoms with Crippen LogP contribution < -0.4 is 9.62 Å². The third-order valence-electron chi connectivity index (χ3n) is 6.25. The average Bonchev–Trinajstić information content (AvgIpc) is 3.31. The lowest BCUT2D eigenvalue weighted by Gasteiger charge is -2.33. The van der Waals surface area contributed by atoms with E-state index in [9.17, 15) is 18.0 Å². The number of sulfonamides is 1. The second-order valence-electron chi connectivity index (χ2n) is 8.89. The lowest BCUT2D eigenvalue weighted by molar-refractivity contribution is -0.140. The van der Waals surface area contributed by atoms with E-state index in [4.69, 9.17) is 34.8 Å². The van der Waals surface area contributed by atoms with Crippen LogP contribution in [-0.2, 0) is 26.2 Å². The molecule has 2 aromatic rings. The highest BCUT2D eigenvalue weighted by molar-refractivity contribution is 7.92. The Kier molecular flexibility index (Phi) is 9.92. The van der Waals surface area contributed by atoms with Gasteiger partial charge in [0.05, 0.1) is 11.9 Å². The molecule has 36 heavy (non-hydrogen) atoms. The molecule has 1 N–H and O–H groups in total. The number of halogens is 3. The summed E-state index contributed by atoms with van der Waals surface area (Å²) in [6, 6.07) is 10.5. The summed E-state index contributed by atoms with van der Waals surface area (Å²) >= 11 is 18.9. The van der Waals surface area contributed by atoms with Gasteiger partial charge in [0.1, 0.15) is 12.6 Å². The number of amides is 2. The van der Waals surface area contributed by atoms with Crippen molar-refractivity contribution >= 4 is 62.3 Å². The lowest BCUT2D eigenvalue weighted by Crippen LogP contribution is -2.53. The van der Waals surface area contributed by atoms with Crippen molar-refractivity contribution in [3.8, 4) is 0 Å². The highest BCUT2D eigenvalue weighted by atomic mass is 35.5. The number of hydrogen-bond acceptors (Lipinski definition) is 4. The topological polar surface area (TPSA) is 86.8 Å². The number of carbonyl (C=O) groups is 2. The first-order chi connectivity index (χ1) is 17.0. The van der Waals surface area contributed by atoms with Gasteiger partial charge in [-0.1, -0.05) is 66.7 Å². The van der Waals surface area contributed by atoms with Gasteiger partial charge in [0.25, 0.3) is 0 Å². The number of anilines is 1. The van der Waals surface area contributed by atoms with Crippen molar-refractivity contribution < 1.29 is 18.0 Å². The summed E-state index contributed by atoms with van der Waals surface area (Å²) in [4.78, 5) is 28.4. The SMILES string of the molecule is CCC(C(=O)NC1CCCC1)N(Cc1c(Cl)cccc1Cl)C(=O)CN(c1cccc(Cl)c1)S(C)(=O)=O. The zero-order valence-corrected chi connectivity index (χ0v) is 23.3. The largest absolute Gasteiger partial charge is 0.352 e. The van der Waals surface area contributed by atoms with Gasteiger partial charge in [0.2, 0.25) is 21.8 Å². The molecule has 1 atom stereocenters. The maximum absolute atomic E-state index is 13.7. The van der Waals surface area contributed by atoms with E-state index in [1.807, 2.05) is 0 Å². The molecule has 1 aliphatic rings. The standard InChI is InChI=1S/C25H30Cl3N3O4S/c1-3-23(25(33)29-18-9-4-5-10-18)30(15-20-21(27)12-7-13-22(20)28)24(32)16-31(36(2,34)35)19-11-6-8-17(26)14-19/h6-8,11-14,18,23H,3-5,9-10,15-16H2,1-2H3,(H,29,33). The quantitative estimate of drug-likeness (QED) is 0.418. The molecule has 1 unspecified atom stereocenters. The third kappa shape index (κ3) is 7.28. The number of benzene rings is 2. The number of nitrogens with zero attached hydrogens (tertiary/aromatic N) is 2. The summed E-state index contributed by atoms with van der Waals surface area (Å²) in [5.41, 5.74) is 0.729. The van der Waals surface area contributed by atoms with E-state index in [0.717, 1.165) is 36.2 Å². The summed E-state index contributed by atoms with van der Waals surface area (Å²) in [7, 11) is -3.85. The fraction of sp³-hybridized carbons (Fsp3) is 0.440. The highest BCUT2D eigenvalue weighted by Crippen LogP contribution is 2.28. The molecule has 0 bridgehead atoms. The lowest BCUT2D eigenvalue weighted by atomic mass is 10.1. The summed E-state index contributed by atoms with van der Waals surface area (Å²) in [6.45, 7) is 1.23. The molecule has 1 fully saturated rings. The monoisotopic (exact) mass is 573 g/mol. The van der Waals surface area contributed by atoms with Crippen LogP contribution in [0.1, 0.15) is 44.6 Å². The van der Waals surface area contributed by atoms with Gasteiger partial charge in [0, 0.05) is 33.2 Å². The Balaban J connectivity index is 1.97. The molecule has 1 aliphatic carbocycles. The fourth-order valence-electron chi connectivity index (χ4n) is 4.39. The van der Waals surface area contributed by atoms with Crippen LogP contribution in [0.5, 0.6) is 0 Å². The Morgan fingerprint density at radius 1 is 1.06 bits per heavy atom. The molecule has 2 aromatic carbocycles. The predicted octanol–water partition coefficient (Wildman–Crippen LogP) is 5.28. The summed E-state index contributed by atoms with van der Waals surface area (Å²) in [5, 5.41) is 4.08. The van der Waals surface area contributed by atoms with Crippen LogP contribution >= 0.6 is 34.8 Å². The first-order valence-electron chi connectivity index (χ1n) is 11.8. The van der Waals surface area contributed by atoms with E-state index in [1.54, 1.807) is 43.3 Å². The average molecular weight is 575 g/mol. The van der Waals surface area contributed by atoms with Crippen LogP contribution in [0, 0.1) is 0 Å². The van der Waals surface area contributed by atoms with Crippen LogP contribution in [0.15, 0.2) is 42.5 Å². The van der Waals surface area contributed by atoms with E-state index >= 15 is 0 Å². The van der Waals surface area contributed by atoms with Crippen molar-refractivity contribution in [1.29, 1.82) is 0 Å². The Hall–Kier alpha value is -2.00. The molecule has 3 rings (SSSR count). The molecule has 196 valence electrons. The molecule has 0 heterocycles. The van der Waals surface area contributed by atoms with E-state index in [-0.39, 0.29) is 24.2 Å². The second kappa shape index (κ2) is 12.5. The first-order valence-corrected chi connectivity index (χ1v) is 14.8. The van der Waals surface area contributed by atoms with Gasteiger partial charge in [0.15, 0.2) is 0 Å². The van der Waals surface area contributed by atoms with E-state index in [1.165, 1.54) is 11.0 Å². The van der Waals surface area contributed by atoms with Crippen molar-refractivity contribution in [2.24, 2.45) is 0 Å². The zero-order valence-electron chi connectivity index (χ0n) is 20.2. The van der Waals surface area contributed by atoms with Crippen LogP contribution in [-0.4, -0.2) is 50.0 Å². The van der Waals surface area contributed by atoms with E-state index in [2.05, 4.69) is 5.32 Å². The van der Waals surface area contributed by atoms with Crippen molar-refractivity contribution in [1.82, 2.24) is 10.2 Å². The van der Waals surface area contributed by atoms with Gasteiger partial charge in [-0.15, -0.1) is 0 Å². The van der Waals surface area contributed by atoms with Crippen LogP contribution in [0.4, 0.5) is 5.69 Å². The third-order valence-corrected chi connectivity index (χ3v) is 8.34. The smallest absolute Gasteiger partial charge is 0.244 e. The predicted molar refractivity (Wildman–Crippen MR) is 145 cm³/mol. The van der Waals surface area contributed by atoms with Crippen molar-refractivity contribution in [3.05, 3.63) is 63.1 Å². The van der Waals surface area contributed by atoms with Gasteiger partial charge < -0.3 is 10.2 Å². The van der Waals surface area contributed by atoms with Crippen molar-refractivity contribution in [2.45, 2.75) is 57.7 Å². The Morgan fingerprint density at radius 2 is 1.67 bits per heavy atom. The zero-order chi connectivity index (χ0) is 26.5. The molecule has 11 heteroatoms. The Labute approximate surface area is 227 Å². The number of nitrogens with one attached hydrogen (secondary N) is 1. The van der Waals surface area contributed by atoms with Gasteiger partial charge in [-0.25, -0.2) is 8.42 Å². The molecule has 2 amide bonds. The van der Waals surface area contributed by atoms with Crippen LogP contribution in [0.25, 0.3) is 0 Å². The minimum absolute atomic E-state index is 0.0545. The number of carbonyl (C=O) groups excluding carboxylic acids is 2. The minimum atomic E-state index is -3.85. The molecule has 0 radical (unpaired) electrons. The maximum atomic E-state index is 13.7. The first kappa shape index (κ1) is 28.6. The maximum Gasteiger partial charge on any atom is 0.244 e. The summed E-state index contributed by atoms with van der Waals surface area (Å²) < 4.78 is 26.3. The highest BCUT2D eigenvalue weighted by Gasteiger charge is 2.33. The van der Waals surface area contributed by atoms with Crippen molar-refractivity contribution in [3.63, 3.8) is 0 Å². The van der Waals surface area contributed by atoms with Crippen LogP contribution in [0.3, 0.4) is 0 Å². The van der Waals surface area contributed by atoms with Crippen LogP contribution in [0.2, 0.25) is 15.1 Å². The molecule has 0 aliphatic heterocycles. The summed E-state index contributed by atoms with van der Waals surface area (Å²) in [6.07, 6.45) is 5.21. The second-order valence-corrected chi connectivity index (χ2v) is 12.0. The fourth-order valence-corrected chi connectivity index (χ4v) is 5.93. The molecule has 0 aromatic heterocycles.